The van der Waals surface area contributed by atoms with E-state index in [1.165, 1.54) is 25.7 Å². The fourth-order valence-electron chi connectivity index (χ4n) is 2.94. The van der Waals surface area contributed by atoms with Gasteiger partial charge in [-0.25, -0.2) is 0 Å². The van der Waals surface area contributed by atoms with Gasteiger partial charge in [0.1, 0.15) is 0 Å². The Balaban J connectivity index is 2.49. The van der Waals surface area contributed by atoms with Gasteiger partial charge in [-0.2, -0.15) is 0 Å². The van der Waals surface area contributed by atoms with E-state index >= 15 is 0 Å². The van der Waals surface area contributed by atoms with Crippen molar-refractivity contribution >= 4 is 0 Å². The van der Waals surface area contributed by atoms with E-state index in [-0.39, 0.29) is 0 Å². The van der Waals surface area contributed by atoms with E-state index in [1.54, 1.807) is 0 Å². The topological polar surface area (TPSA) is 0 Å². The molecule has 1 fully saturated rings. The maximum absolute atomic E-state index is 2.45. The van der Waals surface area contributed by atoms with Crippen molar-refractivity contribution in [2.24, 2.45) is 23.7 Å². The van der Waals surface area contributed by atoms with Crippen LogP contribution < -0.4 is 0 Å². The lowest BCUT2D eigenvalue weighted by atomic mass is 9.68. The predicted molar refractivity (Wildman–Crippen MR) is 55.1 cm³/mol. The second-order valence-corrected chi connectivity index (χ2v) is 4.76. The van der Waals surface area contributed by atoms with Crippen molar-refractivity contribution in [3.63, 3.8) is 0 Å². The first-order valence-corrected chi connectivity index (χ1v) is 5.69. The zero-order chi connectivity index (χ0) is 9.14. The molecule has 1 aliphatic rings. The van der Waals surface area contributed by atoms with Crippen LogP contribution in [-0.4, -0.2) is 0 Å². The van der Waals surface area contributed by atoms with Crippen LogP contribution in [0.4, 0.5) is 0 Å². The maximum Gasteiger partial charge on any atom is -0.0388 e. The largest absolute Gasteiger partial charge is 0.0651 e. The summed E-state index contributed by atoms with van der Waals surface area (Å²) in [6.07, 6.45) is 5.75. The predicted octanol–water partition coefficient (Wildman–Crippen LogP) is 4.10. The van der Waals surface area contributed by atoms with Crippen molar-refractivity contribution in [3.05, 3.63) is 0 Å². The van der Waals surface area contributed by atoms with Crippen molar-refractivity contribution in [2.45, 2.75) is 53.4 Å². The Labute approximate surface area is 77.7 Å². The molecule has 0 aromatic rings. The Hall–Kier alpha value is 0. The number of hydrogen-bond donors (Lipinski definition) is 0. The van der Waals surface area contributed by atoms with Crippen LogP contribution in [0.15, 0.2) is 0 Å². The molecule has 72 valence electrons. The normalized spacial score (nSPS) is 43.0. The van der Waals surface area contributed by atoms with Gasteiger partial charge >= 0.3 is 0 Å². The minimum atomic E-state index is 0.983. The van der Waals surface area contributed by atoms with E-state index < -0.39 is 0 Å². The molecule has 0 bridgehead atoms. The van der Waals surface area contributed by atoms with Crippen LogP contribution in [0.5, 0.6) is 0 Å². The standard InChI is InChI=1S/C12H24/c1-5-11-7-10(4)12(6-2)8-9(11)3/h9-12H,5-8H2,1-4H3/t9?,10?,11-,12?/m1/s1. The molecule has 1 saturated carbocycles. The molecule has 0 spiro atoms. The third-order valence-electron chi connectivity index (χ3n) is 4.01. The molecule has 1 rings (SSSR count). The van der Waals surface area contributed by atoms with Crippen molar-refractivity contribution in [2.75, 3.05) is 0 Å². The lowest BCUT2D eigenvalue weighted by Gasteiger charge is -2.38. The van der Waals surface area contributed by atoms with Crippen LogP contribution in [0.25, 0.3) is 0 Å². The number of rotatable bonds is 2. The second-order valence-electron chi connectivity index (χ2n) is 4.76. The quantitative estimate of drug-likeness (QED) is 0.582. The highest BCUT2D eigenvalue weighted by Gasteiger charge is 2.30. The molecule has 3 unspecified atom stereocenters. The molecule has 0 radical (unpaired) electrons. The zero-order valence-corrected chi connectivity index (χ0v) is 9.14. The van der Waals surface area contributed by atoms with Gasteiger partial charge < -0.3 is 0 Å². The zero-order valence-electron chi connectivity index (χ0n) is 9.14. The molecule has 0 aromatic carbocycles. The minimum Gasteiger partial charge on any atom is -0.0651 e. The lowest BCUT2D eigenvalue weighted by molar-refractivity contribution is 0.127. The lowest BCUT2D eigenvalue weighted by Crippen LogP contribution is -2.28. The molecule has 0 heteroatoms. The molecule has 0 heterocycles. The van der Waals surface area contributed by atoms with Crippen LogP contribution >= 0.6 is 0 Å². The fraction of sp³-hybridized carbons (Fsp3) is 1.00. The summed E-state index contributed by atoms with van der Waals surface area (Å²) in [6, 6.07) is 0. The summed E-state index contributed by atoms with van der Waals surface area (Å²) in [5.41, 5.74) is 0. The monoisotopic (exact) mass is 168 g/mol. The van der Waals surface area contributed by atoms with Gasteiger partial charge in [-0.3, -0.25) is 0 Å². The van der Waals surface area contributed by atoms with Crippen molar-refractivity contribution < 1.29 is 0 Å². The average Bonchev–Trinajstić information content (AvgIpc) is 2.08. The molecular weight excluding hydrogens is 144 g/mol. The first kappa shape index (κ1) is 10.1. The third kappa shape index (κ3) is 2.02. The smallest absolute Gasteiger partial charge is 0.0388 e. The van der Waals surface area contributed by atoms with E-state index in [1.807, 2.05) is 0 Å². The molecule has 0 nitrogen and oxygen atoms in total. The van der Waals surface area contributed by atoms with Gasteiger partial charge in [-0.1, -0.05) is 40.5 Å². The fourth-order valence-corrected chi connectivity index (χ4v) is 2.94. The Kier molecular flexibility index (Phi) is 3.61. The van der Waals surface area contributed by atoms with Crippen molar-refractivity contribution in [1.29, 1.82) is 0 Å². The van der Waals surface area contributed by atoms with Crippen LogP contribution in [0, 0.1) is 23.7 Å². The summed E-state index contributed by atoms with van der Waals surface area (Å²) in [5.74, 6) is 4.00. The third-order valence-corrected chi connectivity index (χ3v) is 4.01. The number of hydrogen-bond acceptors (Lipinski definition) is 0. The summed E-state index contributed by atoms with van der Waals surface area (Å²) in [4.78, 5) is 0. The van der Waals surface area contributed by atoms with Gasteiger partial charge in [0, 0.05) is 0 Å². The maximum atomic E-state index is 2.45. The minimum absolute atomic E-state index is 0.983. The highest BCUT2D eigenvalue weighted by Crippen LogP contribution is 2.40. The van der Waals surface area contributed by atoms with Gasteiger partial charge in [-0.15, -0.1) is 0 Å². The van der Waals surface area contributed by atoms with Gasteiger partial charge in [0.05, 0.1) is 0 Å². The Bertz CT molecular complexity index is 112. The van der Waals surface area contributed by atoms with Crippen LogP contribution in [0.3, 0.4) is 0 Å². The van der Waals surface area contributed by atoms with Gasteiger partial charge in [0.15, 0.2) is 0 Å². The molecule has 0 saturated heterocycles. The molecule has 0 amide bonds. The molecule has 1 aliphatic carbocycles. The van der Waals surface area contributed by atoms with E-state index in [9.17, 15) is 0 Å². The first-order valence-electron chi connectivity index (χ1n) is 5.69. The van der Waals surface area contributed by atoms with E-state index in [0.29, 0.717) is 0 Å². The summed E-state index contributed by atoms with van der Waals surface area (Å²) >= 11 is 0. The van der Waals surface area contributed by atoms with Crippen LogP contribution in [0.1, 0.15) is 53.4 Å². The van der Waals surface area contributed by atoms with E-state index in [4.69, 9.17) is 0 Å². The Morgan fingerprint density at radius 1 is 0.833 bits per heavy atom. The van der Waals surface area contributed by atoms with Crippen molar-refractivity contribution in [3.8, 4) is 0 Å². The molecule has 0 N–H and O–H groups in total. The molecular formula is C12H24. The first-order chi connectivity index (χ1) is 5.69. The molecule has 0 aromatic heterocycles. The summed E-state index contributed by atoms with van der Waals surface area (Å²) in [6.45, 7) is 9.59. The summed E-state index contributed by atoms with van der Waals surface area (Å²) < 4.78 is 0. The molecule has 0 aliphatic heterocycles. The van der Waals surface area contributed by atoms with Crippen LogP contribution in [0.2, 0.25) is 0 Å². The highest BCUT2D eigenvalue weighted by atomic mass is 14.4. The Morgan fingerprint density at radius 2 is 1.17 bits per heavy atom. The average molecular weight is 168 g/mol. The second kappa shape index (κ2) is 4.30. The molecule has 12 heavy (non-hydrogen) atoms. The van der Waals surface area contributed by atoms with E-state index in [2.05, 4.69) is 27.7 Å². The summed E-state index contributed by atoms with van der Waals surface area (Å²) in [5, 5.41) is 0. The SMILES string of the molecule is CCC1CC(C)[C@H](CC)CC1C. The van der Waals surface area contributed by atoms with Gasteiger partial charge in [0.2, 0.25) is 0 Å². The Morgan fingerprint density at radius 3 is 1.42 bits per heavy atom. The van der Waals surface area contributed by atoms with Gasteiger partial charge in [0.25, 0.3) is 0 Å². The highest BCUT2D eigenvalue weighted by molar-refractivity contribution is 4.80. The van der Waals surface area contributed by atoms with E-state index in [0.717, 1.165) is 23.7 Å². The van der Waals surface area contributed by atoms with Crippen molar-refractivity contribution in [1.82, 2.24) is 0 Å². The van der Waals surface area contributed by atoms with Crippen LogP contribution in [-0.2, 0) is 0 Å². The molecule has 4 atom stereocenters. The van der Waals surface area contributed by atoms with Gasteiger partial charge in [-0.05, 0) is 36.5 Å². The summed E-state index contributed by atoms with van der Waals surface area (Å²) in [7, 11) is 0.